The van der Waals surface area contributed by atoms with Crippen molar-refractivity contribution in [2.75, 3.05) is 39.3 Å². The number of rotatable bonds is 4. The van der Waals surface area contributed by atoms with E-state index in [0.29, 0.717) is 32.7 Å². The zero-order valence-electron chi connectivity index (χ0n) is 14.6. The van der Waals surface area contributed by atoms with Gasteiger partial charge in [0, 0.05) is 32.7 Å². The lowest BCUT2D eigenvalue weighted by atomic mass is 10.2. The summed E-state index contributed by atoms with van der Waals surface area (Å²) in [6, 6.07) is 5.77. The summed E-state index contributed by atoms with van der Waals surface area (Å²) in [5.74, 6) is 0. The Labute approximate surface area is 162 Å². The molecule has 0 atom stereocenters. The van der Waals surface area contributed by atoms with Crippen LogP contribution in [0.4, 0.5) is 0 Å². The summed E-state index contributed by atoms with van der Waals surface area (Å²) >= 11 is 0. The maximum atomic E-state index is 12.9. The van der Waals surface area contributed by atoms with Crippen molar-refractivity contribution in [1.82, 2.24) is 13.9 Å². The maximum Gasteiger partial charge on any atom is 0.243 e. The van der Waals surface area contributed by atoms with E-state index in [0.717, 1.165) is 32.2 Å². The Kier molecular flexibility index (Phi) is 7.46. The molecular weight excluding hydrogens is 398 g/mol. The van der Waals surface area contributed by atoms with Gasteiger partial charge in [0.15, 0.2) is 0 Å². The number of nitrogens with one attached hydrogen (secondary N) is 1. The van der Waals surface area contributed by atoms with Crippen LogP contribution >= 0.6 is 12.4 Å². The van der Waals surface area contributed by atoms with Gasteiger partial charge in [-0.05, 0) is 44.0 Å². The van der Waals surface area contributed by atoms with Gasteiger partial charge in [-0.15, -0.1) is 12.4 Å². The summed E-state index contributed by atoms with van der Waals surface area (Å²) < 4.78 is 54.3. The number of sulfonamides is 2. The Balaban J connectivity index is 0.00000243. The topological polar surface area (TPSA) is 86.8 Å². The molecule has 1 aromatic rings. The van der Waals surface area contributed by atoms with E-state index >= 15 is 0 Å². The molecule has 7 nitrogen and oxygen atoms in total. The first-order valence-corrected chi connectivity index (χ1v) is 11.6. The quantitative estimate of drug-likeness (QED) is 0.787. The largest absolute Gasteiger partial charge is 0.315 e. The lowest BCUT2D eigenvalue weighted by molar-refractivity contribution is 0.346. The molecule has 0 aromatic heterocycles. The number of nitrogens with zero attached hydrogens (tertiary/aromatic N) is 2. The van der Waals surface area contributed by atoms with Crippen LogP contribution in [-0.4, -0.2) is 64.7 Å². The van der Waals surface area contributed by atoms with E-state index in [-0.39, 0.29) is 22.2 Å². The fraction of sp³-hybridized carbons (Fsp3) is 0.625. The molecule has 2 aliphatic rings. The Bertz CT molecular complexity index is 801. The summed E-state index contributed by atoms with van der Waals surface area (Å²) in [6.45, 7) is 3.22. The van der Waals surface area contributed by atoms with Gasteiger partial charge in [-0.25, -0.2) is 16.8 Å². The summed E-state index contributed by atoms with van der Waals surface area (Å²) in [6.07, 6.45) is 3.46. The van der Waals surface area contributed by atoms with Crippen LogP contribution < -0.4 is 5.32 Å². The van der Waals surface area contributed by atoms with E-state index in [2.05, 4.69) is 5.32 Å². The average molecular weight is 424 g/mol. The lowest BCUT2D eigenvalue weighted by Gasteiger charge is -2.26. The molecule has 0 aliphatic carbocycles. The number of halogens is 1. The van der Waals surface area contributed by atoms with Crippen molar-refractivity contribution in [1.29, 1.82) is 0 Å². The van der Waals surface area contributed by atoms with E-state index in [1.165, 1.54) is 32.9 Å². The molecule has 2 aliphatic heterocycles. The predicted octanol–water partition coefficient (Wildman–Crippen LogP) is 1.27. The fourth-order valence-corrected chi connectivity index (χ4v) is 6.42. The van der Waals surface area contributed by atoms with Gasteiger partial charge in [0.2, 0.25) is 20.0 Å². The van der Waals surface area contributed by atoms with Gasteiger partial charge in [-0.1, -0.05) is 12.5 Å². The van der Waals surface area contributed by atoms with E-state index in [1.807, 2.05) is 0 Å². The van der Waals surface area contributed by atoms with Crippen molar-refractivity contribution >= 4 is 32.5 Å². The third kappa shape index (κ3) is 4.58. The Morgan fingerprint density at radius 3 is 1.88 bits per heavy atom. The van der Waals surface area contributed by atoms with Crippen LogP contribution in [0.5, 0.6) is 0 Å². The summed E-state index contributed by atoms with van der Waals surface area (Å²) in [4.78, 5) is 0.107. The van der Waals surface area contributed by atoms with Crippen molar-refractivity contribution in [3.63, 3.8) is 0 Å². The molecule has 0 amide bonds. The normalized spacial score (nSPS) is 20.9. The molecule has 2 fully saturated rings. The van der Waals surface area contributed by atoms with Crippen molar-refractivity contribution in [2.45, 2.75) is 35.5 Å². The zero-order valence-corrected chi connectivity index (χ0v) is 17.1. The van der Waals surface area contributed by atoms with Crippen molar-refractivity contribution in [3.8, 4) is 0 Å². The van der Waals surface area contributed by atoms with Crippen LogP contribution in [0.3, 0.4) is 0 Å². The van der Waals surface area contributed by atoms with E-state index in [9.17, 15) is 16.8 Å². The third-order valence-corrected chi connectivity index (χ3v) is 8.48. The molecule has 148 valence electrons. The van der Waals surface area contributed by atoms with E-state index in [4.69, 9.17) is 0 Å². The van der Waals surface area contributed by atoms with Gasteiger partial charge in [-0.2, -0.15) is 8.61 Å². The van der Waals surface area contributed by atoms with Gasteiger partial charge in [0.1, 0.15) is 0 Å². The summed E-state index contributed by atoms with van der Waals surface area (Å²) in [5.41, 5.74) is 0. The fourth-order valence-electron chi connectivity index (χ4n) is 3.26. The molecule has 0 spiro atoms. The van der Waals surface area contributed by atoms with E-state index < -0.39 is 20.0 Å². The highest BCUT2D eigenvalue weighted by Gasteiger charge is 2.29. The highest BCUT2D eigenvalue weighted by molar-refractivity contribution is 7.90. The molecule has 10 heteroatoms. The van der Waals surface area contributed by atoms with Gasteiger partial charge in [0.05, 0.1) is 9.79 Å². The van der Waals surface area contributed by atoms with Crippen LogP contribution in [0.15, 0.2) is 34.1 Å². The Morgan fingerprint density at radius 1 is 0.731 bits per heavy atom. The molecule has 0 unspecified atom stereocenters. The van der Waals surface area contributed by atoms with Crippen LogP contribution in [0.2, 0.25) is 0 Å². The van der Waals surface area contributed by atoms with Crippen molar-refractivity contribution in [3.05, 3.63) is 24.3 Å². The second-order valence-corrected chi connectivity index (χ2v) is 10.3. The molecule has 2 saturated heterocycles. The standard InChI is InChI=1S/C16H25N3O4S2.ClH/c20-24(21,18-10-2-1-3-11-18)15-6-4-7-16(14-15)25(22,23)19-12-5-8-17-9-13-19;/h4,6-7,14,17H,1-3,5,8-13H2;1H. The third-order valence-electron chi connectivity index (χ3n) is 4.70. The smallest absolute Gasteiger partial charge is 0.243 e. The second-order valence-electron chi connectivity index (χ2n) is 6.45. The first-order valence-electron chi connectivity index (χ1n) is 8.73. The van der Waals surface area contributed by atoms with Crippen LogP contribution in [0, 0.1) is 0 Å². The van der Waals surface area contributed by atoms with Crippen molar-refractivity contribution in [2.24, 2.45) is 0 Å². The molecular formula is C16H26ClN3O4S2. The molecule has 2 heterocycles. The minimum absolute atomic E-state index is 0. The second kappa shape index (κ2) is 8.99. The zero-order chi connectivity index (χ0) is 17.9. The molecule has 3 rings (SSSR count). The van der Waals surface area contributed by atoms with Crippen molar-refractivity contribution < 1.29 is 16.8 Å². The van der Waals surface area contributed by atoms with Gasteiger partial charge in [0.25, 0.3) is 0 Å². The van der Waals surface area contributed by atoms with Crippen LogP contribution in [0.1, 0.15) is 25.7 Å². The molecule has 0 radical (unpaired) electrons. The average Bonchev–Trinajstić information content (AvgIpc) is 2.92. The van der Waals surface area contributed by atoms with E-state index in [1.54, 1.807) is 0 Å². The van der Waals surface area contributed by atoms with Gasteiger partial charge >= 0.3 is 0 Å². The minimum Gasteiger partial charge on any atom is -0.315 e. The Hall–Kier alpha value is -0.710. The molecule has 1 aromatic carbocycles. The van der Waals surface area contributed by atoms with Crippen LogP contribution in [-0.2, 0) is 20.0 Å². The Morgan fingerprint density at radius 2 is 1.27 bits per heavy atom. The summed E-state index contributed by atoms with van der Waals surface area (Å²) in [7, 11) is -7.33. The molecule has 1 N–H and O–H groups in total. The lowest BCUT2D eigenvalue weighted by Crippen LogP contribution is -2.36. The monoisotopic (exact) mass is 423 g/mol. The van der Waals surface area contributed by atoms with Crippen LogP contribution in [0.25, 0.3) is 0 Å². The first-order chi connectivity index (χ1) is 11.9. The highest BCUT2D eigenvalue weighted by atomic mass is 35.5. The summed E-state index contributed by atoms with van der Waals surface area (Å²) in [5, 5.41) is 3.17. The van der Waals surface area contributed by atoms with Gasteiger partial charge < -0.3 is 5.32 Å². The molecule has 0 bridgehead atoms. The first kappa shape index (κ1) is 21.6. The highest BCUT2D eigenvalue weighted by Crippen LogP contribution is 2.24. The number of benzene rings is 1. The number of hydrogen-bond acceptors (Lipinski definition) is 5. The van der Waals surface area contributed by atoms with Gasteiger partial charge in [-0.3, -0.25) is 0 Å². The molecule has 0 saturated carbocycles. The SMILES string of the molecule is Cl.O=S(=O)(c1cccc(S(=O)(=O)N2CCCNCC2)c1)N1CCCCC1. The number of hydrogen-bond donors (Lipinski definition) is 1. The number of piperidine rings is 1. The maximum absolute atomic E-state index is 12.9. The predicted molar refractivity (Wildman–Crippen MR) is 103 cm³/mol. The minimum atomic E-state index is -3.69. The molecule has 26 heavy (non-hydrogen) atoms.